The molecule has 0 atom stereocenters. The van der Waals surface area contributed by atoms with Crippen LogP contribution in [0.25, 0.3) is 0 Å². The number of ether oxygens (including phenoxy) is 1. The van der Waals surface area contributed by atoms with E-state index in [0.717, 1.165) is 20.8 Å². The van der Waals surface area contributed by atoms with Crippen molar-refractivity contribution < 1.29 is 4.74 Å². The minimum atomic E-state index is 0.409. The Morgan fingerprint density at radius 1 is 1.25 bits per heavy atom. The van der Waals surface area contributed by atoms with E-state index in [1.165, 1.54) is 37.0 Å². The number of nitrogens with zero attached hydrogens (tertiary/aromatic N) is 1. The summed E-state index contributed by atoms with van der Waals surface area (Å²) in [4.78, 5) is 4.22. The fraction of sp³-hybridized carbons (Fsp3) is 0.400. The zero-order valence-corrected chi connectivity index (χ0v) is 12.7. The molecule has 1 aliphatic carbocycles. The second-order valence-corrected chi connectivity index (χ2v) is 6.71. The molecule has 0 aliphatic heterocycles. The molecule has 1 saturated carbocycles. The average Bonchev–Trinajstić information content (AvgIpc) is 3.10. The van der Waals surface area contributed by atoms with E-state index in [-0.39, 0.29) is 0 Å². The molecule has 5 heteroatoms. The van der Waals surface area contributed by atoms with Crippen LogP contribution in [-0.4, -0.2) is 11.1 Å². The van der Waals surface area contributed by atoms with E-state index in [4.69, 9.17) is 16.3 Å². The fourth-order valence-corrected chi connectivity index (χ4v) is 3.29. The van der Waals surface area contributed by atoms with Gasteiger partial charge in [-0.15, -0.1) is 11.3 Å². The third kappa shape index (κ3) is 3.64. The standard InChI is InChI=1S/C15H17ClN2OS/c16-14-9-18-15(20-14)10-17-11-5-7-13(8-6-11)19-12-3-1-2-4-12/h5-9,12,17H,1-4,10H2. The van der Waals surface area contributed by atoms with Gasteiger partial charge in [-0.2, -0.15) is 0 Å². The lowest BCUT2D eigenvalue weighted by molar-refractivity contribution is 0.210. The average molecular weight is 309 g/mol. The van der Waals surface area contributed by atoms with E-state index in [0.29, 0.717) is 12.6 Å². The van der Waals surface area contributed by atoms with Crippen molar-refractivity contribution in [3.63, 3.8) is 0 Å². The van der Waals surface area contributed by atoms with Crippen molar-refractivity contribution in [2.75, 3.05) is 5.32 Å². The molecular formula is C15H17ClN2OS. The Labute approximate surface area is 127 Å². The normalized spacial score (nSPS) is 15.4. The minimum Gasteiger partial charge on any atom is -0.490 e. The number of halogens is 1. The van der Waals surface area contributed by atoms with Gasteiger partial charge in [0, 0.05) is 5.69 Å². The summed E-state index contributed by atoms with van der Waals surface area (Å²) in [5, 5.41) is 4.32. The summed E-state index contributed by atoms with van der Waals surface area (Å²) in [5.74, 6) is 0.958. The van der Waals surface area contributed by atoms with Crippen molar-refractivity contribution >= 4 is 28.6 Å². The van der Waals surface area contributed by atoms with E-state index in [9.17, 15) is 0 Å². The van der Waals surface area contributed by atoms with Gasteiger partial charge in [-0.1, -0.05) is 11.6 Å². The van der Waals surface area contributed by atoms with Gasteiger partial charge in [0.1, 0.15) is 15.1 Å². The highest BCUT2D eigenvalue weighted by atomic mass is 35.5. The molecule has 0 spiro atoms. The van der Waals surface area contributed by atoms with Gasteiger partial charge < -0.3 is 10.1 Å². The molecule has 1 fully saturated rings. The monoisotopic (exact) mass is 308 g/mol. The van der Waals surface area contributed by atoms with Gasteiger partial charge in [0.15, 0.2) is 0 Å². The van der Waals surface area contributed by atoms with Crippen molar-refractivity contribution in [3.05, 3.63) is 39.8 Å². The van der Waals surface area contributed by atoms with Crippen molar-refractivity contribution in [2.24, 2.45) is 0 Å². The Balaban J connectivity index is 1.52. The molecule has 1 aliphatic rings. The molecule has 20 heavy (non-hydrogen) atoms. The Kier molecular flexibility index (Phi) is 4.43. The highest BCUT2D eigenvalue weighted by Gasteiger charge is 2.16. The summed E-state index contributed by atoms with van der Waals surface area (Å²) in [6, 6.07) is 8.13. The Hall–Kier alpha value is -1.26. The topological polar surface area (TPSA) is 34.2 Å². The van der Waals surface area contributed by atoms with Crippen LogP contribution in [0.1, 0.15) is 30.7 Å². The van der Waals surface area contributed by atoms with Crippen molar-refractivity contribution in [2.45, 2.75) is 38.3 Å². The summed E-state index contributed by atoms with van der Waals surface area (Å²) in [6.07, 6.45) is 7.05. The van der Waals surface area contributed by atoms with Gasteiger partial charge in [-0.05, 0) is 49.9 Å². The van der Waals surface area contributed by atoms with Crippen molar-refractivity contribution in [3.8, 4) is 5.75 Å². The molecule has 0 radical (unpaired) electrons. The molecule has 0 amide bonds. The summed E-state index contributed by atoms with van der Waals surface area (Å²) in [7, 11) is 0. The molecule has 2 aromatic rings. The number of hydrogen-bond donors (Lipinski definition) is 1. The van der Waals surface area contributed by atoms with Crippen molar-refractivity contribution in [1.82, 2.24) is 4.98 Å². The third-order valence-electron chi connectivity index (χ3n) is 3.43. The lowest BCUT2D eigenvalue weighted by Crippen LogP contribution is -2.10. The van der Waals surface area contributed by atoms with E-state index in [1.807, 2.05) is 24.3 Å². The van der Waals surface area contributed by atoms with Crippen LogP contribution in [0.3, 0.4) is 0 Å². The number of rotatable bonds is 5. The number of benzene rings is 1. The molecule has 0 saturated heterocycles. The molecule has 1 heterocycles. The van der Waals surface area contributed by atoms with Crippen LogP contribution in [0.5, 0.6) is 5.75 Å². The van der Waals surface area contributed by atoms with Crippen LogP contribution in [-0.2, 0) is 6.54 Å². The van der Waals surface area contributed by atoms with E-state index >= 15 is 0 Å². The predicted octanol–water partition coefficient (Wildman–Crippen LogP) is 4.73. The second kappa shape index (κ2) is 6.46. The van der Waals surface area contributed by atoms with Gasteiger partial charge in [0.2, 0.25) is 0 Å². The first-order valence-corrected chi connectivity index (χ1v) is 8.10. The van der Waals surface area contributed by atoms with E-state index < -0.39 is 0 Å². The van der Waals surface area contributed by atoms with Crippen LogP contribution >= 0.6 is 22.9 Å². The molecule has 3 nitrogen and oxygen atoms in total. The summed E-state index contributed by atoms with van der Waals surface area (Å²) in [5.41, 5.74) is 1.06. The molecule has 3 rings (SSSR count). The smallest absolute Gasteiger partial charge is 0.119 e. The molecule has 1 aromatic carbocycles. The summed E-state index contributed by atoms with van der Waals surface area (Å²) in [6.45, 7) is 0.695. The first-order chi connectivity index (χ1) is 9.79. The van der Waals surface area contributed by atoms with Gasteiger partial charge in [0.05, 0.1) is 18.8 Å². The number of aromatic nitrogens is 1. The third-order valence-corrected chi connectivity index (χ3v) is 4.54. The van der Waals surface area contributed by atoms with Crippen LogP contribution in [0.4, 0.5) is 5.69 Å². The number of nitrogens with one attached hydrogen (secondary N) is 1. The number of thiazole rings is 1. The summed E-state index contributed by atoms with van der Waals surface area (Å²) < 4.78 is 6.67. The van der Waals surface area contributed by atoms with Crippen molar-refractivity contribution in [1.29, 1.82) is 0 Å². The highest BCUT2D eigenvalue weighted by Crippen LogP contribution is 2.25. The minimum absolute atomic E-state index is 0.409. The number of anilines is 1. The highest BCUT2D eigenvalue weighted by molar-refractivity contribution is 7.15. The largest absolute Gasteiger partial charge is 0.490 e. The van der Waals surface area contributed by atoms with Gasteiger partial charge in [-0.3, -0.25) is 0 Å². The molecule has 1 aromatic heterocycles. The van der Waals surface area contributed by atoms with Crippen LogP contribution < -0.4 is 10.1 Å². The van der Waals surface area contributed by atoms with Crippen LogP contribution in [0.15, 0.2) is 30.5 Å². The first-order valence-electron chi connectivity index (χ1n) is 6.90. The molecule has 0 unspecified atom stereocenters. The maximum absolute atomic E-state index is 5.94. The molecule has 0 bridgehead atoms. The SMILES string of the molecule is Clc1cnc(CNc2ccc(OC3CCCC3)cc2)s1. The maximum atomic E-state index is 5.94. The zero-order chi connectivity index (χ0) is 13.8. The molecule has 106 valence electrons. The van der Waals surface area contributed by atoms with Gasteiger partial charge in [-0.25, -0.2) is 4.98 Å². The number of hydrogen-bond acceptors (Lipinski definition) is 4. The fourth-order valence-electron chi connectivity index (χ4n) is 2.40. The quantitative estimate of drug-likeness (QED) is 0.867. The predicted molar refractivity (Wildman–Crippen MR) is 83.8 cm³/mol. The Morgan fingerprint density at radius 3 is 2.65 bits per heavy atom. The van der Waals surface area contributed by atoms with Gasteiger partial charge in [0.25, 0.3) is 0 Å². The summed E-state index contributed by atoms with van der Waals surface area (Å²) >= 11 is 7.35. The lowest BCUT2D eigenvalue weighted by atomic mass is 10.2. The van der Waals surface area contributed by atoms with Gasteiger partial charge >= 0.3 is 0 Å². The zero-order valence-electron chi connectivity index (χ0n) is 11.1. The Morgan fingerprint density at radius 2 is 2.00 bits per heavy atom. The Bertz CT molecular complexity index is 549. The maximum Gasteiger partial charge on any atom is 0.119 e. The lowest BCUT2D eigenvalue weighted by Gasteiger charge is -2.13. The van der Waals surface area contributed by atoms with Crippen LogP contribution in [0, 0.1) is 0 Å². The van der Waals surface area contributed by atoms with E-state index in [2.05, 4.69) is 10.3 Å². The molecule has 1 N–H and O–H groups in total. The molecular weight excluding hydrogens is 292 g/mol. The van der Waals surface area contributed by atoms with Crippen LogP contribution in [0.2, 0.25) is 4.34 Å². The second-order valence-electron chi connectivity index (χ2n) is 4.96. The van der Waals surface area contributed by atoms with E-state index in [1.54, 1.807) is 6.20 Å². The first kappa shape index (κ1) is 13.7.